The van der Waals surface area contributed by atoms with Gasteiger partial charge in [-0.25, -0.2) is 4.98 Å². The Kier molecular flexibility index (Phi) is 6.51. The molecule has 2 aromatic rings. The summed E-state index contributed by atoms with van der Waals surface area (Å²) in [5.74, 6) is -0.254. The van der Waals surface area contributed by atoms with Crippen LogP contribution < -0.4 is 4.74 Å². The second kappa shape index (κ2) is 8.29. The zero-order valence-corrected chi connectivity index (χ0v) is 15.8. The van der Waals surface area contributed by atoms with Crippen LogP contribution in [0.5, 0.6) is 5.75 Å². The summed E-state index contributed by atoms with van der Waals surface area (Å²) in [7, 11) is 0. The minimum atomic E-state index is -4.70. The van der Waals surface area contributed by atoms with Crippen molar-refractivity contribution in [1.29, 1.82) is 0 Å². The highest BCUT2D eigenvalue weighted by molar-refractivity contribution is 5.27. The molecule has 1 heterocycles. The topological polar surface area (TPSA) is 60.2 Å². The van der Waals surface area contributed by atoms with Crippen molar-refractivity contribution in [2.24, 2.45) is 5.41 Å². The predicted molar refractivity (Wildman–Crippen MR) is 95.1 cm³/mol. The fourth-order valence-corrected chi connectivity index (χ4v) is 3.28. The second-order valence-corrected chi connectivity index (χ2v) is 7.45. The van der Waals surface area contributed by atoms with Crippen molar-refractivity contribution in [1.82, 2.24) is 14.8 Å². The Hall–Kier alpha value is -2.09. The van der Waals surface area contributed by atoms with Crippen molar-refractivity contribution in [3.05, 3.63) is 42.5 Å². The Morgan fingerprint density at radius 1 is 1.11 bits per heavy atom. The molecular weight excluding hydrogens is 359 g/mol. The predicted octanol–water partition coefficient (Wildman–Crippen LogP) is 4.37. The Bertz CT molecular complexity index is 700. The van der Waals surface area contributed by atoms with Gasteiger partial charge >= 0.3 is 6.36 Å². The van der Waals surface area contributed by atoms with E-state index in [1.807, 2.05) is 13.8 Å². The molecule has 0 amide bonds. The van der Waals surface area contributed by atoms with Gasteiger partial charge < -0.3 is 9.84 Å². The van der Waals surface area contributed by atoms with Crippen LogP contribution in [0.25, 0.3) is 0 Å². The van der Waals surface area contributed by atoms with Crippen LogP contribution in [0.15, 0.2) is 36.9 Å². The lowest BCUT2D eigenvalue weighted by Gasteiger charge is -2.43. The van der Waals surface area contributed by atoms with Crippen LogP contribution >= 0.6 is 0 Å². The number of hydrogen-bond acceptors (Lipinski definition) is 4. The Balaban J connectivity index is 2.11. The molecule has 0 aliphatic heterocycles. The largest absolute Gasteiger partial charge is 0.573 e. The molecular formula is C19H26F3N3O2. The third kappa shape index (κ3) is 5.95. The zero-order chi connectivity index (χ0) is 20.1. The standard InChI is InChI=1S/C19H26F3N3O2/c1-4-10-17(2,3)18(26,12-25-14-23-13-24-25)11-9-15-5-7-16(8-6-15)27-19(20,21)22/h5-8,13-14,26H,4,9-12H2,1-3H3. The van der Waals surface area contributed by atoms with Crippen LogP contribution in [0.4, 0.5) is 13.2 Å². The lowest BCUT2D eigenvalue weighted by molar-refractivity contribution is -0.274. The Labute approximate surface area is 157 Å². The Morgan fingerprint density at radius 2 is 1.78 bits per heavy atom. The summed E-state index contributed by atoms with van der Waals surface area (Å²) in [6, 6.07) is 5.75. The van der Waals surface area contributed by atoms with E-state index in [0.717, 1.165) is 18.4 Å². The van der Waals surface area contributed by atoms with Gasteiger partial charge in [0.15, 0.2) is 0 Å². The number of alkyl halides is 3. The number of nitrogens with zero attached hydrogens (tertiary/aromatic N) is 3. The number of halogens is 3. The van der Waals surface area contributed by atoms with Crippen molar-refractivity contribution < 1.29 is 23.0 Å². The quantitative estimate of drug-likeness (QED) is 0.696. The van der Waals surface area contributed by atoms with Crippen LogP contribution in [0, 0.1) is 5.41 Å². The summed E-state index contributed by atoms with van der Waals surface area (Å²) in [4.78, 5) is 3.93. The lowest BCUT2D eigenvalue weighted by Crippen LogP contribution is -2.48. The molecule has 1 atom stereocenters. The summed E-state index contributed by atoms with van der Waals surface area (Å²) in [5, 5.41) is 15.5. The summed E-state index contributed by atoms with van der Waals surface area (Å²) in [5.41, 5.74) is -0.584. The minimum Gasteiger partial charge on any atom is -0.406 e. The second-order valence-electron chi connectivity index (χ2n) is 7.45. The van der Waals surface area contributed by atoms with Gasteiger partial charge in [-0.15, -0.1) is 13.2 Å². The maximum absolute atomic E-state index is 12.3. The monoisotopic (exact) mass is 385 g/mol. The summed E-state index contributed by atoms with van der Waals surface area (Å²) in [6.45, 7) is 6.41. The molecule has 8 heteroatoms. The van der Waals surface area contributed by atoms with Crippen molar-refractivity contribution in [3.63, 3.8) is 0 Å². The molecule has 0 radical (unpaired) electrons. The molecule has 5 nitrogen and oxygen atoms in total. The highest BCUT2D eigenvalue weighted by Crippen LogP contribution is 2.40. The number of aryl methyl sites for hydroxylation is 1. The fourth-order valence-electron chi connectivity index (χ4n) is 3.28. The van der Waals surface area contributed by atoms with Crippen LogP contribution in [0.2, 0.25) is 0 Å². The number of aromatic nitrogens is 3. The first-order valence-corrected chi connectivity index (χ1v) is 8.94. The first kappa shape index (κ1) is 21.2. The van der Waals surface area contributed by atoms with E-state index < -0.39 is 12.0 Å². The van der Waals surface area contributed by atoms with Crippen molar-refractivity contribution >= 4 is 0 Å². The number of aliphatic hydroxyl groups is 1. The van der Waals surface area contributed by atoms with E-state index in [1.54, 1.807) is 23.1 Å². The molecule has 150 valence electrons. The first-order chi connectivity index (χ1) is 12.5. The van der Waals surface area contributed by atoms with Crippen molar-refractivity contribution in [2.75, 3.05) is 0 Å². The van der Waals surface area contributed by atoms with Gasteiger partial charge in [0, 0.05) is 0 Å². The molecule has 1 unspecified atom stereocenters. The van der Waals surface area contributed by atoms with Gasteiger partial charge in [0.25, 0.3) is 0 Å². The highest BCUT2D eigenvalue weighted by Gasteiger charge is 2.43. The molecule has 0 saturated carbocycles. The van der Waals surface area contributed by atoms with Gasteiger partial charge in [0.05, 0.1) is 12.1 Å². The number of ether oxygens (including phenoxy) is 1. The molecule has 0 spiro atoms. The third-order valence-electron chi connectivity index (χ3n) is 5.01. The average Bonchev–Trinajstić information content (AvgIpc) is 3.05. The highest BCUT2D eigenvalue weighted by atomic mass is 19.4. The first-order valence-electron chi connectivity index (χ1n) is 8.94. The summed E-state index contributed by atoms with van der Waals surface area (Å²) >= 11 is 0. The summed E-state index contributed by atoms with van der Waals surface area (Å²) in [6.07, 6.45) is 1.00. The smallest absolute Gasteiger partial charge is 0.406 e. The van der Waals surface area contributed by atoms with E-state index in [9.17, 15) is 18.3 Å². The van der Waals surface area contributed by atoms with E-state index >= 15 is 0 Å². The summed E-state index contributed by atoms with van der Waals surface area (Å²) < 4.78 is 42.3. The maximum Gasteiger partial charge on any atom is 0.573 e. The number of benzene rings is 1. The van der Waals surface area contributed by atoms with Crippen molar-refractivity contribution in [2.45, 2.75) is 65.0 Å². The zero-order valence-electron chi connectivity index (χ0n) is 15.8. The van der Waals surface area contributed by atoms with E-state index in [2.05, 4.69) is 21.7 Å². The molecule has 27 heavy (non-hydrogen) atoms. The molecule has 0 saturated heterocycles. The van der Waals surface area contributed by atoms with Crippen LogP contribution in [0.1, 0.15) is 45.6 Å². The fraction of sp³-hybridized carbons (Fsp3) is 0.579. The maximum atomic E-state index is 12.3. The molecule has 1 aromatic heterocycles. The number of rotatable bonds is 9. The molecule has 0 aliphatic carbocycles. The SMILES string of the molecule is CCCC(C)(C)C(O)(CCc1ccc(OC(F)(F)F)cc1)Cn1cncn1. The molecule has 0 fully saturated rings. The molecule has 0 aliphatic rings. The molecule has 1 N–H and O–H groups in total. The molecule has 0 bridgehead atoms. The van der Waals surface area contributed by atoms with Gasteiger partial charge in [-0.05, 0) is 42.4 Å². The molecule has 2 rings (SSSR count). The van der Waals surface area contributed by atoms with E-state index in [-0.39, 0.29) is 11.2 Å². The molecule has 1 aromatic carbocycles. The average molecular weight is 385 g/mol. The van der Waals surface area contributed by atoms with Crippen LogP contribution in [-0.4, -0.2) is 31.8 Å². The van der Waals surface area contributed by atoms with Gasteiger partial charge in [0.1, 0.15) is 18.4 Å². The van der Waals surface area contributed by atoms with Gasteiger partial charge in [-0.1, -0.05) is 39.3 Å². The van der Waals surface area contributed by atoms with E-state index in [0.29, 0.717) is 19.4 Å². The van der Waals surface area contributed by atoms with E-state index in [1.165, 1.54) is 18.5 Å². The van der Waals surface area contributed by atoms with E-state index in [4.69, 9.17) is 0 Å². The van der Waals surface area contributed by atoms with Crippen LogP contribution in [-0.2, 0) is 13.0 Å². The lowest BCUT2D eigenvalue weighted by atomic mass is 9.69. The van der Waals surface area contributed by atoms with Gasteiger partial charge in [0.2, 0.25) is 0 Å². The Morgan fingerprint density at radius 3 is 2.30 bits per heavy atom. The van der Waals surface area contributed by atoms with Gasteiger partial charge in [-0.3, -0.25) is 4.68 Å². The van der Waals surface area contributed by atoms with Crippen molar-refractivity contribution in [3.8, 4) is 5.75 Å². The third-order valence-corrected chi connectivity index (χ3v) is 5.01. The normalized spacial score (nSPS) is 14.8. The number of hydrogen-bond donors (Lipinski definition) is 1. The van der Waals surface area contributed by atoms with Crippen LogP contribution in [0.3, 0.4) is 0 Å². The minimum absolute atomic E-state index is 0.254. The van der Waals surface area contributed by atoms with Gasteiger partial charge in [-0.2, -0.15) is 5.10 Å².